The minimum atomic E-state index is 0.278. The van der Waals surface area contributed by atoms with Crippen molar-refractivity contribution in [3.8, 4) is 5.75 Å². The summed E-state index contributed by atoms with van der Waals surface area (Å²) in [5.41, 5.74) is 1.46. The SMILES string of the molecule is COCOc1cc(Br)c2c(C3CC3)cccc2c1. The van der Waals surface area contributed by atoms with Crippen LogP contribution >= 0.6 is 15.9 Å². The van der Waals surface area contributed by atoms with Crippen LogP contribution in [0.2, 0.25) is 0 Å². The maximum Gasteiger partial charge on any atom is 0.188 e. The van der Waals surface area contributed by atoms with E-state index < -0.39 is 0 Å². The Bertz CT molecular complexity index is 576. The monoisotopic (exact) mass is 306 g/mol. The summed E-state index contributed by atoms with van der Waals surface area (Å²) in [6.45, 7) is 0.278. The number of halogens is 1. The molecule has 18 heavy (non-hydrogen) atoms. The first-order chi connectivity index (χ1) is 8.79. The Balaban J connectivity index is 2.08. The lowest BCUT2D eigenvalue weighted by Gasteiger charge is -2.11. The lowest BCUT2D eigenvalue weighted by Crippen LogP contribution is -1.99. The van der Waals surface area contributed by atoms with Gasteiger partial charge in [0.15, 0.2) is 6.79 Å². The second-order valence-corrected chi connectivity index (χ2v) is 5.53. The third kappa shape index (κ3) is 2.25. The minimum absolute atomic E-state index is 0.278. The van der Waals surface area contributed by atoms with Crippen molar-refractivity contribution in [2.45, 2.75) is 18.8 Å². The number of methoxy groups -OCH3 is 1. The summed E-state index contributed by atoms with van der Waals surface area (Å²) in [5, 5.41) is 2.55. The molecule has 2 aromatic rings. The maximum atomic E-state index is 5.51. The smallest absolute Gasteiger partial charge is 0.188 e. The van der Waals surface area contributed by atoms with Crippen LogP contribution in [0.5, 0.6) is 5.75 Å². The van der Waals surface area contributed by atoms with Gasteiger partial charge in [-0.05, 0) is 47.2 Å². The fourth-order valence-electron chi connectivity index (χ4n) is 2.32. The van der Waals surface area contributed by atoms with Gasteiger partial charge in [0.05, 0.1) is 0 Å². The largest absolute Gasteiger partial charge is 0.468 e. The van der Waals surface area contributed by atoms with E-state index in [1.54, 1.807) is 7.11 Å². The average molecular weight is 307 g/mol. The van der Waals surface area contributed by atoms with Crippen LogP contribution in [0.15, 0.2) is 34.8 Å². The van der Waals surface area contributed by atoms with Crippen LogP contribution < -0.4 is 4.74 Å². The van der Waals surface area contributed by atoms with E-state index in [9.17, 15) is 0 Å². The van der Waals surface area contributed by atoms with Gasteiger partial charge in [-0.1, -0.05) is 34.1 Å². The zero-order chi connectivity index (χ0) is 12.5. The van der Waals surface area contributed by atoms with E-state index in [-0.39, 0.29) is 6.79 Å². The van der Waals surface area contributed by atoms with Gasteiger partial charge in [-0.3, -0.25) is 0 Å². The third-order valence-electron chi connectivity index (χ3n) is 3.30. The van der Waals surface area contributed by atoms with Crippen LogP contribution in [-0.4, -0.2) is 13.9 Å². The second-order valence-electron chi connectivity index (χ2n) is 4.68. The van der Waals surface area contributed by atoms with Gasteiger partial charge in [-0.25, -0.2) is 0 Å². The molecule has 0 aliphatic heterocycles. The Hall–Kier alpha value is -1.06. The van der Waals surface area contributed by atoms with Crippen LogP contribution in [0, 0.1) is 0 Å². The first-order valence-electron chi connectivity index (χ1n) is 6.13. The fraction of sp³-hybridized carbons (Fsp3) is 0.333. The average Bonchev–Trinajstić information content (AvgIpc) is 3.19. The molecule has 0 saturated heterocycles. The summed E-state index contributed by atoms with van der Waals surface area (Å²) in [7, 11) is 1.63. The summed E-state index contributed by atoms with van der Waals surface area (Å²) < 4.78 is 11.5. The fourth-order valence-corrected chi connectivity index (χ4v) is 3.01. The summed E-state index contributed by atoms with van der Waals surface area (Å²) in [6, 6.07) is 10.6. The van der Waals surface area contributed by atoms with E-state index >= 15 is 0 Å². The molecule has 0 radical (unpaired) electrons. The zero-order valence-corrected chi connectivity index (χ0v) is 11.9. The molecule has 0 atom stereocenters. The standard InChI is InChI=1S/C15H15BrO2/c1-17-9-18-12-7-11-3-2-4-13(10-5-6-10)15(11)14(16)8-12/h2-4,7-8,10H,5-6,9H2,1H3. The number of fused-ring (bicyclic) bond motifs is 1. The first-order valence-corrected chi connectivity index (χ1v) is 6.93. The molecule has 1 fully saturated rings. The predicted octanol–water partition coefficient (Wildman–Crippen LogP) is 4.46. The molecule has 2 aromatic carbocycles. The van der Waals surface area contributed by atoms with Crippen LogP contribution in [0.25, 0.3) is 10.8 Å². The summed E-state index contributed by atoms with van der Waals surface area (Å²) in [5.74, 6) is 1.58. The molecule has 0 heterocycles. The first kappa shape index (κ1) is 12.0. The van der Waals surface area contributed by atoms with E-state index in [1.807, 2.05) is 6.07 Å². The van der Waals surface area contributed by atoms with Crippen LogP contribution in [0.3, 0.4) is 0 Å². The molecule has 0 spiro atoms. The highest BCUT2D eigenvalue weighted by atomic mass is 79.9. The number of ether oxygens (including phenoxy) is 2. The molecule has 1 saturated carbocycles. The molecule has 1 aliphatic rings. The Morgan fingerprint density at radius 1 is 1.28 bits per heavy atom. The van der Waals surface area contributed by atoms with Crippen molar-refractivity contribution >= 4 is 26.7 Å². The molecule has 0 bridgehead atoms. The lowest BCUT2D eigenvalue weighted by atomic mass is 10.0. The van der Waals surface area contributed by atoms with Crippen molar-refractivity contribution in [1.82, 2.24) is 0 Å². The number of rotatable bonds is 4. The second kappa shape index (κ2) is 4.90. The molecule has 3 rings (SSSR count). The number of benzene rings is 2. The Morgan fingerprint density at radius 2 is 2.11 bits per heavy atom. The van der Waals surface area contributed by atoms with Crippen molar-refractivity contribution in [2.24, 2.45) is 0 Å². The topological polar surface area (TPSA) is 18.5 Å². The van der Waals surface area contributed by atoms with Crippen LogP contribution in [0.4, 0.5) is 0 Å². The maximum absolute atomic E-state index is 5.51. The Labute approximate surface area is 115 Å². The van der Waals surface area contributed by atoms with Crippen LogP contribution in [-0.2, 0) is 4.74 Å². The molecular weight excluding hydrogens is 292 g/mol. The van der Waals surface area contributed by atoms with Gasteiger partial charge in [0, 0.05) is 11.6 Å². The van der Waals surface area contributed by atoms with Gasteiger partial charge in [-0.2, -0.15) is 0 Å². The van der Waals surface area contributed by atoms with E-state index in [1.165, 1.54) is 29.2 Å². The molecule has 0 aromatic heterocycles. The van der Waals surface area contributed by atoms with Crippen LogP contribution in [0.1, 0.15) is 24.3 Å². The van der Waals surface area contributed by atoms with E-state index in [0.717, 1.165) is 16.1 Å². The predicted molar refractivity (Wildman–Crippen MR) is 76.1 cm³/mol. The molecule has 0 N–H and O–H groups in total. The van der Waals surface area contributed by atoms with Gasteiger partial charge >= 0.3 is 0 Å². The summed E-state index contributed by atoms with van der Waals surface area (Å²) >= 11 is 3.67. The highest BCUT2D eigenvalue weighted by Gasteiger charge is 2.25. The van der Waals surface area contributed by atoms with Gasteiger partial charge in [0.25, 0.3) is 0 Å². The van der Waals surface area contributed by atoms with Gasteiger partial charge in [-0.15, -0.1) is 0 Å². The lowest BCUT2D eigenvalue weighted by molar-refractivity contribution is 0.0512. The molecule has 0 unspecified atom stereocenters. The summed E-state index contributed by atoms with van der Waals surface area (Å²) in [4.78, 5) is 0. The molecule has 3 heteroatoms. The van der Waals surface area contributed by atoms with Gasteiger partial charge in [0.2, 0.25) is 0 Å². The number of hydrogen-bond acceptors (Lipinski definition) is 2. The van der Waals surface area contributed by atoms with Gasteiger partial charge in [0.1, 0.15) is 5.75 Å². The summed E-state index contributed by atoms with van der Waals surface area (Å²) in [6.07, 6.45) is 2.63. The van der Waals surface area contributed by atoms with E-state index in [0.29, 0.717) is 0 Å². The van der Waals surface area contributed by atoms with Crippen molar-refractivity contribution in [2.75, 3.05) is 13.9 Å². The quantitative estimate of drug-likeness (QED) is 0.776. The molecular formula is C15H15BrO2. The minimum Gasteiger partial charge on any atom is -0.468 e. The highest BCUT2D eigenvalue weighted by Crippen LogP contribution is 2.45. The van der Waals surface area contributed by atoms with Crippen molar-refractivity contribution in [3.05, 3.63) is 40.4 Å². The molecule has 0 amide bonds. The number of hydrogen-bond donors (Lipinski definition) is 0. The molecule has 94 valence electrons. The van der Waals surface area contributed by atoms with Crippen molar-refractivity contribution in [3.63, 3.8) is 0 Å². The van der Waals surface area contributed by atoms with Gasteiger partial charge < -0.3 is 9.47 Å². The Kier molecular flexibility index (Phi) is 3.27. The van der Waals surface area contributed by atoms with E-state index in [4.69, 9.17) is 9.47 Å². The van der Waals surface area contributed by atoms with E-state index in [2.05, 4.69) is 40.2 Å². The normalized spacial score (nSPS) is 15.0. The zero-order valence-electron chi connectivity index (χ0n) is 10.3. The molecule has 2 nitrogen and oxygen atoms in total. The van der Waals surface area contributed by atoms with Crippen molar-refractivity contribution in [1.29, 1.82) is 0 Å². The highest BCUT2D eigenvalue weighted by molar-refractivity contribution is 9.10. The third-order valence-corrected chi connectivity index (χ3v) is 3.92. The Morgan fingerprint density at radius 3 is 2.83 bits per heavy atom. The molecule has 1 aliphatic carbocycles. The van der Waals surface area contributed by atoms with Crippen molar-refractivity contribution < 1.29 is 9.47 Å².